The number of halogens is 2. The molecular formula is C15H16Cl2N4. The van der Waals surface area contributed by atoms with Gasteiger partial charge < -0.3 is 10.3 Å². The third-order valence-electron chi connectivity index (χ3n) is 3.60. The third-order valence-corrected chi connectivity index (χ3v) is 4.15. The van der Waals surface area contributed by atoms with E-state index in [2.05, 4.69) is 15.4 Å². The molecule has 2 heterocycles. The Hall–Kier alpha value is -1.49. The van der Waals surface area contributed by atoms with Crippen LogP contribution in [0.5, 0.6) is 0 Å². The minimum absolute atomic E-state index is 0.698. The Balaban J connectivity index is 1.61. The Morgan fingerprint density at radius 1 is 1.33 bits per heavy atom. The molecule has 1 aromatic carbocycles. The molecule has 0 atom stereocenters. The molecule has 0 aliphatic rings. The van der Waals surface area contributed by atoms with Crippen molar-refractivity contribution in [3.8, 4) is 0 Å². The van der Waals surface area contributed by atoms with Gasteiger partial charge in [-0.1, -0.05) is 23.2 Å². The van der Waals surface area contributed by atoms with E-state index in [-0.39, 0.29) is 0 Å². The number of hydrogen-bond acceptors (Lipinski definition) is 2. The highest BCUT2D eigenvalue weighted by Crippen LogP contribution is 2.22. The lowest BCUT2D eigenvalue weighted by Gasteiger charge is -2.05. The van der Waals surface area contributed by atoms with Gasteiger partial charge in [-0.15, -0.1) is 0 Å². The number of rotatable bonds is 5. The van der Waals surface area contributed by atoms with Crippen LogP contribution in [-0.2, 0) is 20.0 Å². The van der Waals surface area contributed by atoms with Crippen LogP contribution in [0.2, 0.25) is 10.0 Å². The van der Waals surface area contributed by atoms with Crippen molar-refractivity contribution in [3.05, 3.63) is 51.9 Å². The molecule has 0 unspecified atom stereocenters. The third kappa shape index (κ3) is 3.07. The fourth-order valence-corrected chi connectivity index (χ4v) is 2.83. The molecule has 0 amide bonds. The topological polar surface area (TPSA) is 45.6 Å². The van der Waals surface area contributed by atoms with Gasteiger partial charge in [-0.05, 0) is 36.7 Å². The summed E-state index contributed by atoms with van der Waals surface area (Å²) in [5.74, 6) is 0. The minimum Gasteiger partial charge on any atom is -0.361 e. The van der Waals surface area contributed by atoms with Gasteiger partial charge in [0.15, 0.2) is 0 Å². The average molecular weight is 323 g/mol. The summed E-state index contributed by atoms with van der Waals surface area (Å²) in [7, 11) is 1.89. The Morgan fingerprint density at radius 2 is 2.19 bits per heavy atom. The van der Waals surface area contributed by atoms with Crippen molar-refractivity contribution in [1.82, 2.24) is 20.1 Å². The molecule has 3 rings (SSSR count). The predicted molar refractivity (Wildman–Crippen MR) is 86.9 cm³/mol. The normalized spacial score (nSPS) is 11.4. The molecule has 0 fully saturated rings. The molecule has 0 saturated carbocycles. The first-order chi connectivity index (χ1) is 10.1. The van der Waals surface area contributed by atoms with E-state index in [1.54, 1.807) is 10.9 Å². The van der Waals surface area contributed by atoms with Gasteiger partial charge in [-0.3, -0.25) is 4.68 Å². The zero-order valence-electron chi connectivity index (χ0n) is 11.7. The molecule has 0 aliphatic carbocycles. The van der Waals surface area contributed by atoms with Gasteiger partial charge in [0.25, 0.3) is 0 Å². The van der Waals surface area contributed by atoms with Crippen LogP contribution in [0.1, 0.15) is 11.3 Å². The van der Waals surface area contributed by atoms with E-state index in [0.717, 1.165) is 29.2 Å². The van der Waals surface area contributed by atoms with Gasteiger partial charge >= 0.3 is 0 Å². The van der Waals surface area contributed by atoms with E-state index in [1.807, 2.05) is 31.4 Å². The van der Waals surface area contributed by atoms with Crippen LogP contribution >= 0.6 is 23.2 Å². The van der Waals surface area contributed by atoms with E-state index in [4.69, 9.17) is 23.2 Å². The van der Waals surface area contributed by atoms with Gasteiger partial charge in [-0.2, -0.15) is 5.10 Å². The molecule has 2 aromatic heterocycles. The van der Waals surface area contributed by atoms with Gasteiger partial charge in [0, 0.05) is 35.7 Å². The number of nitrogens with one attached hydrogen (secondary N) is 2. The van der Waals surface area contributed by atoms with E-state index in [0.29, 0.717) is 11.6 Å². The number of nitrogens with zero attached hydrogens (tertiary/aromatic N) is 2. The second-order valence-electron chi connectivity index (χ2n) is 4.99. The second-order valence-corrected chi connectivity index (χ2v) is 5.84. The molecule has 0 saturated heterocycles. The van der Waals surface area contributed by atoms with Crippen LogP contribution in [-0.4, -0.2) is 21.3 Å². The standard InChI is InChI=1S/C15H16Cl2N4/c1-21-15(13(17)8-20-21)9-18-5-4-10-7-19-14-3-2-11(16)6-12(10)14/h2-3,6-8,18-19H,4-5,9H2,1H3. The van der Waals surface area contributed by atoms with Crippen LogP contribution in [0.25, 0.3) is 10.9 Å². The Kier molecular flexibility index (Phi) is 4.19. The fraction of sp³-hybridized carbons (Fsp3) is 0.267. The summed E-state index contributed by atoms with van der Waals surface area (Å²) in [5.41, 5.74) is 3.37. The number of fused-ring (bicyclic) bond motifs is 1. The number of benzene rings is 1. The van der Waals surface area contributed by atoms with Crippen molar-refractivity contribution in [2.45, 2.75) is 13.0 Å². The summed E-state index contributed by atoms with van der Waals surface area (Å²) in [6.07, 6.45) is 4.63. The lowest BCUT2D eigenvalue weighted by atomic mass is 10.1. The summed E-state index contributed by atoms with van der Waals surface area (Å²) < 4.78 is 1.79. The number of aromatic nitrogens is 3. The molecule has 110 valence electrons. The Labute approximate surface area is 133 Å². The molecular weight excluding hydrogens is 307 g/mol. The maximum atomic E-state index is 6.08. The number of hydrogen-bond donors (Lipinski definition) is 2. The summed E-state index contributed by atoms with van der Waals surface area (Å²) in [6.45, 7) is 1.57. The smallest absolute Gasteiger partial charge is 0.0831 e. The van der Waals surface area contributed by atoms with Crippen molar-refractivity contribution in [1.29, 1.82) is 0 Å². The van der Waals surface area contributed by atoms with E-state index in [1.165, 1.54) is 10.9 Å². The van der Waals surface area contributed by atoms with Crippen LogP contribution in [0.3, 0.4) is 0 Å². The molecule has 0 radical (unpaired) electrons. The fourth-order valence-electron chi connectivity index (χ4n) is 2.42. The maximum Gasteiger partial charge on any atom is 0.0831 e. The quantitative estimate of drug-likeness (QED) is 0.706. The lowest BCUT2D eigenvalue weighted by molar-refractivity contribution is 0.626. The van der Waals surface area contributed by atoms with E-state index in [9.17, 15) is 0 Å². The molecule has 0 spiro atoms. The summed E-state index contributed by atoms with van der Waals surface area (Å²) in [5, 5.41) is 10.2. The highest BCUT2D eigenvalue weighted by molar-refractivity contribution is 6.31. The first-order valence-electron chi connectivity index (χ1n) is 6.78. The highest BCUT2D eigenvalue weighted by atomic mass is 35.5. The van der Waals surface area contributed by atoms with Crippen LogP contribution in [0, 0.1) is 0 Å². The molecule has 21 heavy (non-hydrogen) atoms. The van der Waals surface area contributed by atoms with E-state index < -0.39 is 0 Å². The van der Waals surface area contributed by atoms with Gasteiger partial charge in [0.1, 0.15) is 0 Å². The van der Waals surface area contributed by atoms with Crippen molar-refractivity contribution in [2.75, 3.05) is 6.54 Å². The zero-order valence-corrected chi connectivity index (χ0v) is 13.2. The largest absolute Gasteiger partial charge is 0.361 e. The van der Waals surface area contributed by atoms with Crippen molar-refractivity contribution in [2.24, 2.45) is 7.05 Å². The Morgan fingerprint density at radius 3 is 2.95 bits per heavy atom. The van der Waals surface area contributed by atoms with Crippen molar-refractivity contribution in [3.63, 3.8) is 0 Å². The monoisotopic (exact) mass is 322 g/mol. The van der Waals surface area contributed by atoms with Gasteiger partial charge in [-0.25, -0.2) is 0 Å². The van der Waals surface area contributed by atoms with Crippen LogP contribution in [0.4, 0.5) is 0 Å². The molecule has 0 bridgehead atoms. The van der Waals surface area contributed by atoms with Gasteiger partial charge in [0.05, 0.1) is 16.9 Å². The predicted octanol–water partition coefficient (Wildman–Crippen LogP) is 3.54. The first-order valence-corrected chi connectivity index (χ1v) is 7.53. The molecule has 0 aliphatic heterocycles. The van der Waals surface area contributed by atoms with E-state index >= 15 is 0 Å². The molecule has 6 heteroatoms. The second kappa shape index (κ2) is 6.10. The first kappa shape index (κ1) is 14.4. The molecule has 3 aromatic rings. The lowest BCUT2D eigenvalue weighted by Crippen LogP contribution is -2.18. The number of aromatic amines is 1. The van der Waals surface area contributed by atoms with Gasteiger partial charge in [0.2, 0.25) is 0 Å². The van der Waals surface area contributed by atoms with Crippen molar-refractivity contribution < 1.29 is 0 Å². The number of H-pyrrole nitrogens is 1. The summed E-state index contributed by atoms with van der Waals surface area (Å²) in [4.78, 5) is 3.27. The average Bonchev–Trinajstić information content (AvgIpc) is 3.00. The SMILES string of the molecule is Cn1ncc(Cl)c1CNCCc1c[nH]c2ccc(Cl)cc12. The zero-order chi connectivity index (χ0) is 14.8. The summed E-state index contributed by atoms with van der Waals surface area (Å²) in [6, 6.07) is 5.90. The molecule has 4 nitrogen and oxygen atoms in total. The molecule has 2 N–H and O–H groups in total. The summed E-state index contributed by atoms with van der Waals surface area (Å²) >= 11 is 12.1. The Bertz CT molecular complexity index is 741. The van der Waals surface area contributed by atoms with Crippen LogP contribution < -0.4 is 5.32 Å². The number of aryl methyl sites for hydroxylation is 1. The van der Waals surface area contributed by atoms with Crippen molar-refractivity contribution >= 4 is 34.1 Å². The maximum absolute atomic E-state index is 6.08. The highest BCUT2D eigenvalue weighted by Gasteiger charge is 2.07. The van der Waals surface area contributed by atoms with Crippen LogP contribution in [0.15, 0.2) is 30.6 Å². The minimum atomic E-state index is 0.698.